The van der Waals surface area contributed by atoms with Gasteiger partial charge in [-0.15, -0.1) is 0 Å². The van der Waals surface area contributed by atoms with Gasteiger partial charge in [-0.25, -0.2) is 9.69 Å². The van der Waals surface area contributed by atoms with Crippen molar-refractivity contribution >= 4 is 35.3 Å². The summed E-state index contributed by atoms with van der Waals surface area (Å²) < 4.78 is 11.2. The number of urea groups is 1. The predicted molar refractivity (Wildman–Crippen MR) is 109 cm³/mol. The minimum Gasteiger partial charge on any atom is -0.493 e. The Morgan fingerprint density at radius 3 is 2.64 bits per heavy atom. The fraction of sp³-hybridized carbons (Fsp3) is 0.238. The molecule has 1 aliphatic rings. The third-order valence-corrected chi connectivity index (χ3v) is 4.58. The molecule has 3 rings (SSSR count). The molecule has 1 saturated heterocycles. The van der Waals surface area contributed by atoms with Crippen LogP contribution in [0.15, 0.2) is 48.2 Å². The Balaban J connectivity index is 1.87. The minimum absolute atomic E-state index is 0.0556. The van der Waals surface area contributed by atoms with Crippen molar-refractivity contribution in [3.63, 3.8) is 0 Å². The van der Waals surface area contributed by atoms with Crippen LogP contribution in [0.2, 0.25) is 5.02 Å². The molecular formula is C21H21ClN2O4. The first-order valence-corrected chi connectivity index (χ1v) is 9.28. The zero-order valence-corrected chi connectivity index (χ0v) is 16.6. The number of hydrogen-bond donors (Lipinski definition) is 1. The molecule has 28 heavy (non-hydrogen) atoms. The molecule has 2 aromatic rings. The normalized spacial score (nSPS) is 16.3. The Morgan fingerprint density at radius 2 is 1.96 bits per heavy atom. The Morgan fingerprint density at radius 1 is 1.18 bits per heavy atom. The maximum Gasteiger partial charge on any atom is 0.333 e. The van der Waals surface area contributed by atoms with Crippen LogP contribution in [0.1, 0.15) is 25.8 Å². The van der Waals surface area contributed by atoms with Crippen molar-refractivity contribution in [2.45, 2.75) is 26.4 Å². The van der Waals surface area contributed by atoms with Gasteiger partial charge in [0.2, 0.25) is 0 Å². The van der Waals surface area contributed by atoms with E-state index in [0.29, 0.717) is 27.8 Å². The van der Waals surface area contributed by atoms with Gasteiger partial charge in [-0.3, -0.25) is 4.79 Å². The summed E-state index contributed by atoms with van der Waals surface area (Å²) in [6.07, 6.45) is 2.52. The molecule has 1 N–H and O–H groups in total. The van der Waals surface area contributed by atoms with Crippen LogP contribution in [0.5, 0.6) is 11.5 Å². The van der Waals surface area contributed by atoms with E-state index in [1.54, 1.807) is 55.7 Å². The van der Waals surface area contributed by atoms with E-state index >= 15 is 0 Å². The summed E-state index contributed by atoms with van der Waals surface area (Å²) in [5.41, 5.74) is 1.28. The first-order chi connectivity index (χ1) is 13.4. The summed E-state index contributed by atoms with van der Waals surface area (Å²) in [5, 5.41) is 3.04. The zero-order valence-electron chi connectivity index (χ0n) is 15.9. The summed E-state index contributed by atoms with van der Waals surface area (Å²) in [7, 11) is 1.55. The number of nitrogens with zero attached hydrogens (tertiary/aromatic N) is 1. The molecule has 1 fully saturated rings. The molecule has 2 aromatic carbocycles. The maximum absolute atomic E-state index is 12.7. The van der Waals surface area contributed by atoms with E-state index < -0.39 is 11.9 Å². The average molecular weight is 401 g/mol. The minimum atomic E-state index is -0.526. The molecule has 0 saturated carbocycles. The van der Waals surface area contributed by atoms with Gasteiger partial charge in [0, 0.05) is 5.02 Å². The van der Waals surface area contributed by atoms with Crippen molar-refractivity contribution in [1.82, 2.24) is 5.32 Å². The van der Waals surface area contributed by atoms with Crippen LogP contribution in [0.4, 0.5) is 10.5 Å². The fourth-order valence-electron chi connectivity index (χ4n) is 2.72. The second-order valence-corrected chi connectivity index (χ2v) is 6.79. The number of imide groups is 1. The standard InChI is InChI=1S/C21H21ClN2O4/c1-4-13(2)28-18-9-8-14(11-19(18)27-3)10-17-20(25)24(21(26)23-17)16-7-5-6-15(22)12-16/h5-13H,4H2,1-3H3,(H,23,26). The molecule has 1 atom stereocenters. The van der Waals surface area contributed by atoms with Gasteiger partial charge >= 0.3 is 6.03 Å². The highest BCUT2D eigenvalue weighted by molar-refractivity contribution is 6.32. The topological polar surface area (TPSA) is 67.9 Å². The van der Waals surface area contributed by atoms with Gasteiger partial charge in [0.05, 0.1) is 18.9 Å². The highest BCUT2D eigenvalue weighted by Crippen LogP contribution is 2.31. The third kappa shape index (κ3) is 4.12. The highest BCUT2D eigenvalue weighted by Gasteiger charge is 2.34. The number of hydrogen-bond acceptors (Lipinski definition) is 4. The molecule has 1 heterocycles. The number of amides is 3. The quantitative estimate of drug-likeness (QED) is 0.567. The lowest BCUT2D eigenvalue weighted by Gasteiger charge is -2.15. The summed E-state index contributed by atoms with van der Waals surface area (Å²) in [5.74, 6) is 0.727. The van der Waals surface area contributed by atoms with Gasteiger partial charge in [0.15, 0.2) is 11.5 Å². The Hall–Kier alpha value is -2.99. The summed E-state index contributed by atoms with van der Waals surface area (Å²) >= 11 is 5.97. The summed E-state index contributed by atoms with van der Waals surface area (Å²) in [6, 6.07) is 11.4. The van der Waals surface area contributed by atoms with Crippen molar-refractivity contribution in [3.8, 4) is 11.5 Å². The van der Waals surface area contributed by atoms with Crippen molar-refractivity contribution in [2.75, 3.05) is 12.0 Å². The Kier molecular flexibility index (Phi) is 5.90. The number of halogens is 1. The molecular weight excluding hydrogens is 380 g/mol. The largest absolute Gasteiger partial charge is 0.493 e. The van der Waals surface area contributed by atoms with Crippen LogP contribution in [0.25, 0.3) is 6.08 Å². The summed E-state index contributed by atoms with van der Waals surface area (Å²) in [6.45, 7) is 4.02. The van der Waals surface area contributed by atoms with Crippen LogP contribution >= 0.6 is 11.6 Å². The number of ether oxygens (including phenoxy) is 2. The van der Waals surface area contributed by atoms with Gasteiger partial charge in [-0.05, 0) is 55.3 Å². The number of benzene rings is 2. The molecule has 0 bridgehead atoms. The lowest BCUT2D eigenvalue weighted by molar-refractivity contribution is -0.113. The van der Waals surface area contributed by atoms with Crippen LogP contribution in [0.3, 0.4) is 0 Å². The van der Waals surface area contributed by atoms with E-state index in [1.165, 1.54) is 0 Å². The molecule has 0 aliphatic carbocycles. The SMILES string of the molecule is CCC(C)Oc1ccc(C=C2NC(=O)N(c3cccc(Cl)c3)C2=O)cc1OC. The molecule has 0 radical (unpaired) electrons. The van der Waals surface area contributed by atoms with E-state index in [9.17, 15) is 9.59 Å². The molecule has 6 nitrogen and oxygen atoms in total. The Bertz CT molecular complexity index is 942. The molecule has 7 heteroatoms. The van der Waals surface area contributed by atoms with Gasteiger partial charge < -0.3 is 14.8 Å². The van der Waals surface area contributed by atoms with E-state index in [4.69, 9.17) is 21.1 Å². The first-order valence-electron chi connectivity index (χ1n) is 8.90. The molecule has 0 aromatic heterocycles. The monoisotopic (exact) mass is 400 g/mol. The van der Waals surface area contributed by atoms with Gasteiger partial charge in [0.25, 0.3) is 5.91 Å². The lowest BCUT2D eigenvalue weighted by atomic mass is 10.1. The van der Waals surface area contributed by atoms with Crippen LogP contribution in [0, 0.1) is 0 Å². The number of nitrogens with one attached hydrogen (secondary N) is 1. The fourth-order valence-corrected chi connectivity index (χ4v) is 2.91. The third-order valence-electron chi connectivity index (χ3n) is 4.35. The van der Waals surface area contributed by atoms with Gasteiger partial charge in [-0.2, -0.15) is 0 Å². The molecule has 1 unspecified atom stereocenters. The zero-order chi connectivity index (χ0) is 20.3. The van der Waals surface area contributed by atoms with Crippen LogP contribution < -0.4 is 19.7 Å². The highest BCUT2D eigenvalue weighted by atomic mass is 35.5. The second-order valence-electron chi connectivity index (χ2n) is 6.36. The van der Waals surface area contributed by atoms with E-state index in [1.807, 2.05) is 13.8 Å². The number of methoxy groups -OCH3 is 1. The first kappa shape index (κ1) is 19.8. The van der Waals surface area contributed by atoms with E-state index in [0.717, 1.165) is 11.3 Å². The van der Waals surface area contributed by atoms with Crippen molar-refractivity contribution < 1.29 is 19.1 Å². The smallest absolute Gasteiger partial charge is 0.333 e. The average Bonchev–Trinajstić information content (AvgIpc) is 2.95. The molecule has 146 valence electrons. The van der Waals surface area contributed by atoms with Crippen molar-refractivity contribution in [1.29, 1.82) is 0 Å². The number of carbonyl (C=O) groups excluding carboxylic acids is 2. The van der Waals surface area contributed by atoms with Crippen LogP contribution in [-0.4, -0.2) is 25.2 Å². The van der Waals surface area contributed by atoms with E-state index in [2.05, 4.69) is 5.32 Å². The molecule has 1 aliphatic heterocycles. The van der Waals surface area contributed by atoms with Crippen molar-refractivity contribution in [2.24, 2.45) is 0 Å². The van der Waals surface area contributed by atoms with Crippen molar-refractivity contribution in [3.05, 3.63) is 58.7 Å². The summed E-state index contributed by atoms with van der Waals surface area (Å²) in [4.78, 5) is 26.1. The van der Waals surface area contributed by atoms with Crippen LogP contribution in [-0.2, 0) is 4.79 Å². The molecule has 3 amide bonds. The Labute approximate surface area is 168 Å². The van der Waals surface area contributed by atoms with Gasteiger partial charge in [0.1, 0.15) is 5.70 Å². The lowest BCUT2D eigenvalue weighted by Crippen LogP contribution is -2.30. The number of carbonyl (C=O) groups is 2. The number of anilines is 1. The second kappa shape index (κ2) is 8.35. The number of rotatable bonds is 6. The molecule has 0 spiro atoms. The van der Waals surface area contributed by atoms with E-state index in [-0.39, 0.29) is 11.8 Å². The van der Waals surface area contributed by atoms with Gasteiger partial charge in [-0.1, -0.05) is 30.7 Å². The maximum atomic E-state index is 12.7. The predicted octanol–water partition coefficient (Wildman–Crippen LogP) is 4.62.